The smallest absolute Gasteiger partial charge is 0.407 e. The summed E-state index contributed by atoms with van der Waals surface area (Å²) in [6.45, 7) is 15.0. The van der Waals surface area contributed by atoms with Crippen LogP contribution in [-0.2, 0) is 39.8 Å². The lowest BCUT2D eigenvalue weighted by atomic mass is 9.68. The van der Waals surface area contributed by atoms with Crippen molar-refractivity contribution in [2.45, 2.75) is 142 Å². The molecule has 1 amide bonds. The molecule has 2 N–H and O–H groups in total. The molecule has 0 bridgehead atoms. The summed E-state index contributed by atoms with van der Waals surface area (Å²) in [5, 5.41) is 6.22. The van der Waals surface area contributed by atoms with Crippen molar-refractivity contribution >= 4 is 41.0 Å². The van der Waals surface area contributed by atoms with E-state index in [4.69, 9.17) is 31.2 Å². The average Bonchev–Trinajstić information content (AvgIpc) is 3.43. The molecule has 0 saturated carbocycles. The van der Waals surface area contributed by atoms with Crippen molar-refractivity contribution in [2.24, 2.45) is 29.6 Å². The number of Topliss-reactive ketones (excluding diaryl/α,β-unsaturated/α-hetero) is 2. The number of aryl methyl sites for hydroxylation is 1. The summed E-state index contributed by atoms with van der Waals surface area (Å²) < 4.78 is 25.1. The molecule has 0 radical (unpaired) electrons. The Kier molecular flexibility index (Phi) is 14.5. The number of esters is 1. The third-order valence-corrected chi connectivity index (χ3v) is 12.3. The highest BCUT2D eigenvalue weighted by Crippen LogP contribution is 2.43. The average molecular weight is 758 g/mol. The first-order valence-corrected chi connectivity index (χ1v) is 19.9. The van der Waals surface area contributed by atoms with Gasteiger partial charge in [-0.25, -0.2) is 4.79 Å². The van der Waals surface area contributed by atoms with Gasteiger partial charge in [0.2, 0.25) is 0 Å². The van der Waals surface area contributed by atoms with Crippen LogP contribution < -0.4 is 10.6 Å². The van der Waals surface area contributed by atoms with Gasteiger partial charge in [0.1, 0.15) is 29.2 Å². The van der Waals surface area contributed by atoms with Gasteiger partial charge in [-0.2, -0.15) is 0 Å². The van der Waals surface area contributed by atoms with Crippen LogP contribution in [0.2, 0.25) is 0 Å². The molecule has 3 heterocycles. The van der Waals surface area contributed by atoms with Crippen molar-refractivity contribution in [2.75, 3.05) is 20.6 Å². The highest BCUT2D eigenvalue weighted by Gasteiger charge is 2.56. The van der Waals surface area contributed by atoms with E-state index >= 15 is 0 Å². The summed E-state index contributed by atoms with van der Waals surface area (Å²) >= 11 is 5.43. The second kappa shape index (κ2) is 18.0. The lowest BCUT2D eigenvalue weighted by molar-refractivity contribution is -0.171. The highest BCUT2D eigenvalue weighted by molar-refractivity contribution is 7.80. The van der Waals surface area contributed by atoms with E-state index in [0.29, 0.717) is 25.8 Å². The van der Waals surface area contributed by atoms with E-state index in [1.54, 1.807) is 20.8 Å². The number of hydrogen-bond donors (Lipinski definition) is 2. The Bertz CT molecular complexity index is 1460. The van der Waals surface area contributed by atoms with Crippen LogP contribution in [0.4, 0.5) is 4.79 Å². The molecule has 0 aliphatic carbocycles. The van der Waals surface area contributed by atoms with E-state index < -0.39 is 65.0 Å². The van der Waals surface area contributed by atoms with Gasteiger partial charge >= 0.3 is 12.1 Å². The van der Waals surface area contributed by atoms with E-state index in [9.17, 15) is 19.2 Å². The van der Waals surface area contributed by atoms with Crippen LogP contribution in [0.5, 0.6) is 0 Å². The van der Waals surface area contributed by atoms with Crippen molar-refractivity contribution in [3.63, 3.8) is 0 Å². The van der Waals surface area contributed by atoms with Crippen molar-refractivity contribution in [3.05, 3.63) is 35.9 Å². The fourth-order valence-corrected chi connectivity index (χ4v) is 9.34. The topological polar surface area (TPSA) is 132 Å². The maximum Gasteiger partial charge on any atom is 0.407 e. The highest BCUT2D eigenvalue weighted by atomic mass is 32.1. The molecule has 3 aliphatic heterocycles. The molecule has 1 aromatic carbocycles. The van der Waals surface area contributed by atoms with E-state index in [1.807, 2.05) is 65.0 Å². The summed E-state index contributed by atoms with van der Waals surface area (Å²) in [6.07, 6.45) is 2.34. The van der Waals surface area contributed by atoms with Crippen LogP contribution in [0.1, 0.15) is 99.5 Å². The maximum atomic E-state index is 14.4. The van der Waals surface area contributed by atoms with Gasteiger partial charge in [-0.15, -0.1) is 0 Å². The first kappa shape index (κ1) is 42.6. The number of benzene rings is 1. The molecular weight excluding hydrogens is 695 g/mol. The quantitative estimate of drug-likeness (QED) is 0.132. The Labute approximate surface area is 322 Å². The largest absolute Gasteiger partial charge is 0.459 e. The van der Waals surface area contributed by atoms with Crippen LogP contribution in [0, 0.1) is 29.6 Å². The third-order valence-electron chi connectivity index (χ3n) is 12.1. The van der Waals surface area contributed by atoms with E-state index in [0.717, 1.165) is 19.3 Å². The molecule has 1 aromatic rings. The Morgan fingerprint density at radius 1 is 1.02 bits per heavy atom. The van der Waals surface area contributed by atoms with Gasteiger partial charge in [0.25, 0.3) is 5.17 Å². The number of hydrogen-bond acceptors (Lipinski definition) is 10. The monoisotopic (exact) mass is 757 g/mol. The zero-order valence-electron chi connectivity index (χ0n) is 33.4. The fraction of sp³-hybridized carbons (Fsp3) is 0.732. The van der Waals surface area contributed by atoms with Gasteiger partial charge in [-0.05, 0) is 105 Å². The number of cyclic esters (lactones) is 1. The van der Waals surface area contributed by atoms with Gasteiger partial charge in [0.05, 0.1) is 18.2 Å². The molecule has 3 aliphatic rings. The predicted molar refractivity (Wildman–Crippen MR) is 207 cm³/mol. The minimum Gasteiger partial charge on any atom is -0.459 e. The molecule has 53 heavy (non-hydrogen) atoms. The predicted octanol–water partition coefficient (Wildman–Crippen LogP) is 6.05. The summed E-state index contributed by atoms with van der Waals surface area (Å²) in [4.78, 5) is 58.6. The number of carbonyl (C=O) groups excluding carboxylic acids is 4. The molecule has 1 unspecified atom stereocenters. The third kappa shape index (κ3) is 10.2. The molecule has 11 nitrogen and oxygen atoms in total. The SMILES string of the molecule is CC[C@H]1OC(=O)[C@H](C)C(=O)[C@H](C)C(C[C@H]2C[C@@H](N(C)C)C[C@@H](C)O2)[C@](C)(OC(=O)NCCCc2ccccc2)C[C@@H](C)C(=O)[C@H](C)[C@H]2NC(=S)O[C@@]21C. The van der Waals surface area contributed by atoms with Crippen molar-refractivity contribution in [1.82, 2.24) is 15.5 Å². The minimum absolute atomic E-state index is 0.0199. The van der Waals surface area contributed by atoms with Gasteiger partial charge in [0, 0.05) is 36.3 Å². The van der Waals surface area contributed by atoms with E-state index in [2.05, 4.69) is 29.6 Å². The molecule has 296 valence electrons. The van der Waals surface area contributed by atoms with Crippen molar-refractivity contribution in [1.29, 1.82) is 0 Å². The molecule has 0 aromatic heterocycles. The van der Waals surface area contributed by atoms with Crippen molar-refractivity contribution in [3.8, 4) is 0 Å². The molecular formula is C41H63N3O8S. The van der Waals surface area contributed by atoms with Crippen LogP contribution in [0.25, 0.3) is 0 Å². The number of nitrogens with zero attached hydrogens (tertiary/aromatic N) is 1. The Hall–Kier alpha value is -3.09. The minimum atomic E-state index is -1.30. The lowest BCUT2D eigenvalue weighted by Gasteiger charge is -2.45. The standard InChI is InChI=1S/C41H63N3O8S/c1-11-33-41(8)36(43-39(53)52-41)27(5)34(45)24(2)23-40(7,51-38(48)42-19-15-18-29-16-13-12-14-17-29)32(26(4)35(46)28(6)37(47)50-33)22-31-21-30(44(9)10)20-25(3)49-31/h12-14,16-17,24-28,30-33,36H,11,15,18-23H2,1-10H3,(H,42,48)(H,43,53)/t24-,25-,26-,27+,28-,30+,31-,32?,33-,36-,40-,41-/m1/s1. The zero-order valence-corrected chi connectivity index (χ0v) is 34.3. The number of fused-ring (bicyclic) bond motifs is 1. The molecule has 0 spiro atoms. The lowest BCUT2D eigenvalue weighted by Crippen LogP contribution is -2.57. The number of ketones is 2. The van der Waals surface area contributed by atoms with Gasteiger partial charge < -0.3 is 34.5 Å². The molecule has 12 heteroatoms. The second-order valence-corrected chi connectivity index (χ2v) is 16.8. The zero-order chi connectivity index (χ0) is 39.2. The normalized spacial score (nSPS) is 37.2. The first-order valence-electron chi connectivity index (χ1n) is 19.5. The maximum absolute atomic E-state index is 14.4. The first-order chi connectivity index (χ1) is 24.9. The van der Waals surface area contributed by atoms with Crippen molar-refractivity contribution < 1.29 is 38.1 Å². The summed E-state index contributed by atoms with van der Waals surface area (Å²) in [5.41, 5.74) is -1.29. The fourth-order valence-electron chi connectivity index (χ4n) is 9.03. The number of rotatable bonds is 9. The Morgan fingerprint density at radius 2 is 1.70 bits per heavy atom. The summed E-state index contributed by atoms with van der Waals surface area (Å²) in [6, 6.07) is 9.70. The Morgan fingerprint density at radius 3 is 2.34 bits per heavy atom. The molecule has 12 atom stereocenters. The number of nitrogens with one attached hydrogen (secondary N) is 2. The Balaban J connectivity index is 1.73. The van der Waals surface area contributed by atoms with Crippen LogP contribution in [0.3, 0.4) is 0 Å². The number of alkyl carbamates (subject to hydrolysis) is 1. The van der Waals surface area contributed by atoms with Gasteiger partial charge in [0.15, 0.2) is 5.60 Å². The van der Waals surface area contributed by atoms with Gasteiger partial charge in [-0.1, -0.05) is 58.0 Å². The summed E-state index contributed by atoms with van der Waals surface area (Å²) in [7, 11) is 4.10. The number of carbonyl (C=O) groups is 4. The number of ether oxygens (including phenoxy) is 4. The second-order valence-electron chi connectivity index (χ2n) is 16.5. The summed E-state index contributed by atoms with van der Waals surface area (Å²) in [5.74, 6) is -4.74. The van der Waals surface area contributed by atoms with Gasteiger partial charge in [-0.3, -0.25) is 14.4 Å². The van der Waals surface area contributed by atoms with E-state index in [1.165, 1.54) is 5.56 Å². The molecule has 4 rings (SSSR count). The van der Waals surface area contributed by atoms with Crippen LogP contribution >= 0.6 is 12.2 Å². The number of thiocarbonyl (C=S) groups is 1. The molecule has 3 saturated heterocycles. The number of amides is 1. The van der Waals surface area contributed by atoms with E-state index in [-0.39, 0.29) is 41.4 Å². The van der Waals surface area contributed by atoms with Crippen LogP contribution in [-0.4, -0.2) is 95.9 Å². The molecule has 3 fully saturated rings. The van der Waals surface area contributed by atoms with Crippen LogP contribution in [0.15, 0.2) is 30.3 Å².